The molecule has 33 heavy (non-hydrogen) atoms. The molecule has 168 valence electrons. The van der Waals surface area contributed by atoms with Crippen molar-refractivity contribution < 1.29 is 14.3 Å². The van der Waals surface area contributed by atoms with Gasteiger partial charge in [-0.3, -0.25) is 4.79 Å². The smallest absolute Gasteiger partial charge is 0.337 e. The van der Waals surface area contributed by atoms with Crippen LogP contribution >= 0.6 is 0 Å². The number of nitrogens with zero attached hydrogens (tertiary/aromatic N) is 2. The summed E-state index contributed by atoms with van der Waals surface area (Å²) in [4.78, 5) is 29.3. The van der Waals surface area contributed by atoms with E-state index in [0.717, 1.165) is 22.4 Å². The van der Waals surface area contributed by atoms with Crippen LogP contribution in [0.5, 0.6) is 0 Å². The van der Waals surface area contributed by atoms with Gasteiger partial charge in [-0.05, 0) is 47.4 Å². The summed E-state index contributed by atoms with van der Waals surface area (Å²) in [6, 6.07) is 22.7. The number of nitrogens with one attached hydrogen (secondary N) is 1. The molecule has 6 heteroatoms. The predicted molar refractivity (Wildman–Crippen MR) is 130 cm³/mol. The average molecular weight is 442 g/mol. The molecule has 1 N–H and O–H groups in total. The summed E-state index contributed by atoms with van der Waals surface area (Å²) < 4.78 is 6.64. The third-order valence-electron chi connectivity index (χ3n) is 5.56. The molecule has 6 nitrogen and oxygen atoms in total. The topological polar surface area (TPSA) is 73.2 Å². The SMILES string of the molecule is COC(=O)c1ccc(NC(=O)Cn2c(-c3ccc(C(C)(C)C)cc3)nc3ccccc32)cc1. The number of aromatic nitrogens is 2. The molecular formula is C27H27N3O3. The molecule has 1 heterocycles. The Balaban J connectivity index is 1.62. The third kappa shape index (κ3) is 4.80. The maximum Gasteiger partial charge on any atom is 0.337 e. The molecule has 0 radical (unpaired) electrons. The lowest BCUT2D eigenvalue weighted by atomic mass is 9.87. The van der Waals surface area contributed by atoms with E-state index in [4.69, 9.17) is 9.72 Å². The molecular weight excluding hydrogens is 414 g/mol. The predicted octanol–water partition coefficient (Wildman–Crippen LogP) is 5.43. The molecule has 0 unspecified atom stereocenters. The maximum atomic E-state index is 12.9. The van der Waals surface area contributed by atoms with Gasteiger partial charge >= 0.3 is 5.97 Å². The van der Waals surface area contributed by atoms with Crippen LogP contribution in [0.15, 0.2) is 72.8 Å². The first kappa shape index (κ1) is 22.3. The van der Waals surface area contributed by atoms with Crippen molar-refractivity contribution in [3.05, 3.63) is 83.9 Å². The number of methoxy groups -OCH3 is 1. The molecule has 3 aromatic carbocycles. The van der Waals surface area contributed by atoms with Crippen LogP contribution in [0.3, 0.4) is 0 Å². The van der Waals surface area contributed by atoms with Gasteiger partial charge in [0.15, 0.2) is 0 Å². The maximum absolute atomic E-state index is 12.9. The second-order valence-electron chi connectivity index (χ2n) is 8.95. The zero-order valence-corrected chi connectivity index (χ0v) is 19.3. The Morgan fingerprint density at radius 2 is 1.61 bits per heavy atom. The Kier molecular flexibility index (Phi) is 6.01. The normalized spacial score (nSPS) is 11.4. The zero-order valence-electron chi connectivity index (χ0n) is 19.3. The first-order chi connectivity index (χ1) is 15.8. The van der Waals surface area contributed by atoms with Gasteiger partial charge in [0.1, 0.15) is 12.4 Å². The van der Waals surface area contributed by atoms with Crippen molar-refractivity contribution in [3.8, 4) is 11.4 Å². The van der Waals surface area contributed by atoms with Crippen LogP contribution in [-0.4, -0.2) is 28.5 Å². The van der Waals surface area contributed by atoms with E-state index in [0.29, 0.717) is 11.3 Å². The molecule has 1 amide bonds. The molecule has 0 spiro atoms. The first-order valence-electron chi connectivity index (χ1n) is 10.8. The highest BCUT2D eigenvalue weighted by atomic mass is 16.5. The quantitative estimate of drug-likeness (QED) is 0.419. The van der Waals surface area contributed by atoms with Gasteiger partial charge in [0.2, 0.25) is 5.91 Å². The number of anilines is 1. The van der Waals surface area contributed by atoms with Gasteiger partial charge < -0.3 is 14.6 Å². The summed E-state index contributed by atoms with van der Waals surface area (Å²) in [5.41, 5.74) is 5.01. The molecule has 0 aliphatic carbocycles. The van der Waals surface area contributed by atoms with Crippen molar-refractivity contribution in [2.45, 2.75) is 32.7 Å². The van der Waals surface area contributed by atoms with Gasteiger partial charge in [-0.25, -0.2) is 9.78 Å². The summed E-state index contributed by atoms with van der Waals surface area (Å²) in [7, 11) is 1.34. The molecule has 0 saturated heterocycles. The number of para-hydroxylation sites is 2. The summed E-state index contributed by atoms with van der Waals surface area (Å²) in [5.74, 6) is 0.143. The Hall–Kier alpha value is -3.93. The van der Waals surface area contributed by atoms with E-state index in [2.05, 4.69) is 50.4 Å². The Bertz CT molecular complexity index is 1300. The van der Waals surface area contributed by atoms with E-state index >= 15 is 0 Å². The lowest BCUT2D eigenvalue weighted by Crippen LogP contribution is -2.19. The number of carbonyl (C=O) groups is 2. The van der Waals surface area contributed by atoms with Gasteiger partial charge in [0.05, 0.1) is 23.7 Å². The Labute approximate surface area is 193 Å². The van der Waals surface area contributed by atoms with E-state index in [-0.39, 0.29) is 17.9 Å². The molecule has 0 saturated carbocycles. The number of rotatable bonds is 5. The number of amides is 1. The number of hydrogen-bond acceptors (Lipinski definition) is 4. The lowest BCUT2D eigenvalue weighted by molar-refractivity contribution is -0.116. The zero-order chi connectivity index (χ0) is 23.6. The number of benzene rings is 3. The fourth-order valence-electron chi connectivity index (χ4n) is 3.73. The van der Waals surface area contributed by atoms with Gasteiger partial charge in [-0.1, -0.05) is 57.2 Å². The number of hydrogen-bond donors (Lipinski definition) is 1. The van der Waals surface area contributed by atoms with E-state index in [9.17, 15) is 9.59 Å². The molecule has 0 bridgehead atoms. The fraction of sp³-hybridized carbons (Fsp3) is 0.222. The molecule has 4 aromatic rings. The standard InChI is InChI=1S/C27H27N3O3/c1-27(2,3)20-13-9-18(10-14-20)25-29-22-7-5-6-8-23(22)30(25)17-24(31)28-21-15-11-19(12-16-21)26(32)33-4/h5-16H,17H2,1-4H3,(H,28,31). The van der Waals surface area contributed by atoms with Gasteiger partial charge in [-0.2, -0.15) is 0 Å². The largest absolute Gasteiger partial charge is 0.465 e. The van der Waals surface area contributed by atoms with Gasteiger partial charge in [-0.15, -0.1) is 0 Å². The third-order valence-corrected chi connectivity index (χ3v) is 5.56. The minimum Gasteiger partial charge on any atom is -0.465 e. The van der Waals surface area contributed by atoms with Crippen LogP contribution in [0.25, 0.3) is 22.4 Å². The number of carbonyl (C=O) groups excluding carboxylic acids is 2. The highest BCUT2D eigenvalue weighted by Crippen LogP contribution is 2.28. The van der Waals surface area contributed by atoms with Gasteiger partial charge in [0, 0.05) is 11.3 Å². The highest BCUT2D eigenvalue weighted by Gasteiger charge is 2.18. The monoisotopic (exact) mass is 441 g/mol. The lowest BCUT2D eigenvalue weighted by Gasteiger charge is -2.19. The second-order valence-corrected chi connectivity index (χ2v) is 8.95. The van der Waals surface area contributed by atoms with E-state index in [1.54, 1.807) is 24.3 Å². The van der Waals surface area contributed by atoms with Gasteiger partial charge in [0.25, 0.3) is 0 Å². The van der Waals surface area contributed by atoms with E-state index in [1.807, 2.05) is 28.8 Å². The van der Waals surface area contributed by atoms with E-state index < -0.39 is 5.97 Å². The van der Waals surface area contributed by atoms with Crippen LogP contribution in [0.2, 0.25) is 0 Å². The van der Waals surface area contributed by atoms with Crippen molar-refractivity contribution in [1.29, 1.82) is 0 Å². The minimum absolute atomic E-state index is 0.0575. The summed E-state index contributed by atoms with van der Waals surface area (Å²) in [6.45, 7) is 6.65. The molecule has 0 atom stereocenters. The van der Waals surface area contributed by atoms with Crippen LogP contribution in [0.4, 0.5) is 5.69 Å². The van der Waals surface area contributed by atoms with E-state index in [1.165, 1.54) is 12.7 Å². The molecule has 0 aliphatic rings. The molecule has 4 rings (SSSR count). The van der Waals surface area contributed by atoms with Crippen LogP contribution < -0.4 is 5.32 Å². The molecule has 1 aromatic heterocycles. The highest BCUT2D eigenvalue weighted by molar-refractivity contribution is 5.94. The van der Waals surface area contributed by atoms with Crippen molar-refractivity contribution >= 4 is 28.6 Å². The number of ether oxygens (including phenoxy) is 1. The summed E-state index contributed by atoms with van der Waals surface area (Å²) in [5, 5.41) is 2.90. The summed E-state index contributed by atoms with van der Waals surface area (Å²) >= 11 is 0. The van der Waals surface area contributed by atoms with Crippen LogP contribution in [-0.2, 0) is 21.5 Å². The summed E-state index contributed by atoms with van der Waals surface area (Å²) in [6.07, 6.45) is 0. The number of imidazole rings is 1. The van der Waals surface area contributed by atoms with Crippen molar-refractivity contribution in [2.24, 2.45) is 0 Å². The fourth-order valence-corrected chi connectivity index (χ4v) is 3.73. The number of esters is 1. The molecule has 0 aliphatic heterocycles. The minimum atomic E-state index is -0.417. The Morgan fingerprint density at radius 3 is 2.24 bits per heavy atom. The average Bonchev–Trinajstić information content (AvgIpc) is 3.17. The van der Waals surface area contributed by atoms with Crippen molar-refractivity contribution in [3.63, 3.8) is 0 Å². The van der Waals surface area contributed by atoms with Crippen molar-refractivity contribution in [1.82, 2.24) is 9.55 Å². The molecule has 0 fully saturated rings. The first-order valence-corrected chi connectivity index (χ1v) is 10.8. The Morgan fingerprint density at radius 1 is 0.939 bits per heavy atom. The van der Waals surface area contributed by atoms with Crippen LogP contribution in [0.1, 0.15) is 36.7 Å². The number of fused-ring (bicyclic) bond motifs is 1. The van der Waals surface area contributed by atoms with Crippen LogP contribution in [0, 0.1) is 0 Å². The second kappa shape index (κ2) is 8.90. The van der Waals surface area contributed by atoms with Crippen molar-refractivity contribution in [2.75, 3.05) is 12.4 Å².